The fourth-order valence-electron chi connectivity index (χ4n) is 1.23. The lowest BCUT2D eigenvalue weighted by molar-refractivity contribution is -0.116. The SMILES string of the molecule is CCOC(=O)NC(=O)C(C#N)=CNc1ccc(Cl)cc1Cl. The highest BCUT2D eigenvalue weighted by molar-refractivity contribution is 6.36. The van der Waals surface area contributed by atoms with E-state index in [4.69, 9.17) is 28.5 Å². The molecule has 0 aliphatic carbocycles. The number of anilines is 1. The van der Waals surface area contributed by atoms with Gasteiger partial charge in [0.05, 0.1) is 17.3 Å². The highest BCUT2D eigenvalue weighted by Crippen LogP contribution is 2.25. The largest absolute Gasteiger partial charge is 0.450 e. The Morgan fingerprint density at radius 3 is 2.71 bits per heavy atom. The van der Waals surface area contributed by atoms with Crippen LogP contribution in [0.25, 0.3) is 0 Å². The standard InChI is InChI=1S/C13H11Cl2N3O3/c1-2-21-13(20)18-12(19)8(6-16)7-17-11-4-3-9(14)5-10(11)15/h3-5,7,17H,2H2,1H3,(H,18,19,20). The van der Waals surface area contributed by atoms with Crippen LogP contribution in [0.3, 0.4) is 0 Å². The van der Waals surface area contributed by atoms with Gasteiger partial charge in [-0.1, -0.05) is 23.2 Å². The molecule has 0 saturated heterocycles. The van der Waals surface area contributed by atoms with E-state index >= 15 is 0 Å². The summed E-state index contributed by atoms with van der Waals surface area (Å²) < 4.78 is 4.54. The first-order valence-corrected chi connectivity index (χ1v) is 6.53. The topological polar surface area (TPSA) is 91.2 Å². The molecule has 1 aromatic rings. The quantitative estimate of drug-likeness (QED) is 0.655. The Bertz CT molecular complexity index is 624. The van der Waals surface area contributed by atoms with Gasteiger partial charge in [-0.15, -0.1) is 0 Å². The molecule has 1 rings (SSSR count). The summed E-state index contributed by atoms with van der Waals surface area (Å²) in [6.45, 7) is 1.71. The summed E-state index contributed by atoms with van der Waals surface area (Å²) in [5.74, 6) is -0.881. The molecule has 1 aromatic carbocycles. The van der Waals surface area contributed by atoms with E-state index in [1.54, 1.807) is 25.1 Å². The summed E-state index contributed by atoms with van der Waals surface area (Å²) in [4.78, 5) is 22.7. The maximum Gasteiger partial charge on any atom is 0.414 e. The van der Waals surface area contributed by atoms with Gasteiger partial charge in [-0.25, -0.2) is 4.79 Å². The lowest BCUT2D eigenvalue weighted by atomic mass is 10.3. The van der Waals surface area contributed by atoms with Crippen LogP contribution in [0.1, 0.15) is 6.92 Å². The number of carbonyl (C=O) groups excluding carboxylic acids is 2. The first-order valence-electron chi connectivity index (χ1n) is 5.78. The molecule has 0 radical (unpaired) electrons. The zero-order valence-electron chi connectivity index (χ0n) is 10.9. The van der Waals surface area contributed by atoms with Gasteiger partial charge in [0.1, 0.15) is 11.6 Å². The number of nitriles is 1. The van der Waals surface area contributed by atoms with Crippen LogP contribution in [-0.4, -0.2) is 18.6 Å². The number of benzene rings is 1. The zero-order valence-corrected chi connectivity index (χ0v) is 12.5. The summed E-state index contributed by atoms with van der Waals surface area (Å²) in [5, 5.41) is 14.3. The Morgan fingerprint density at radius 1 is 1.43 bits per heavy atom. The molecular weight excluding hydrogens is 317 g/mol. The molecule has 0 aromatic heterocycles. The lowest BCUT2D eigenvalue weighted by Crippen LogP contribution is -2.32. The van der Waals surface area contributed by atoms with Crippen molar-refractivity contribution < 1.29 is 14.3 Å². The number of nitrogens with one attached hydrogen (secondary N) is 2. The third kappa shape index (κ3) is 5.34. The molecule has 0 aliphatic rings. The van der Waals surface area contributed by atoms with Crippen molar-refractivity contribution in [3.63, 3.8) is 0 Å². The fourth-order valence-corrected chi connectivity index (χ4v) is 1.70. The summed E-state index contributed by atoms with van der Waals surface area (Å²) in [5.41, 5.74) is 0.145. The van der Waals surface area contributed by atoms with E-state index in [0.29, 0.717) is 15.7 Å². The van der Waals surface area contributed by atoms with E-state index in [1.165, 1.54) is 6.07 Å². The normalized spacial score (nSPS) is 10.5. The predicted molar refractivity (Wildman–Crippen MR) is 78.9 cm³/mol. The van der Waals surface area contributed by atoms with Crippen LogP contribution in [0.4, 0.5) is 10.5 Å². The highest BCUT2D eigenvalue weighted by Gasteiger charge is 2.13. The van der Waals surface area contributed by atoms with Gasteiger partial charge < -0.3 is 10.1 Å². The third-order valence-corrected chi connectivity index (χ3v) is 2.71. The van der Waals surface area contributed by atoms with Crippen LogP contribution in [0.15, 0.2) is 30.0 Å². The summed E-state index contributed by atoms with van der Waals surface area (Å²) >= 11 is 11.7. The predicted octanol–water partition coefficient (Wildman–Crippen LogP) is 3.09. The van der Waals surface area contributed by atoms with Crippen LogP contribution in [0.5, 0.6) is 0 Å². The van der Waals surface area contributed by atoms with Gasteiger partial charge in [-0.05, 0) is 25.1 Å². The molecule has 2 N–H and O–H groups in total. The van der Waals surface area contributed by atoms with Gasteiger partial charge in [0.15, 0.2) is 0 Å². The van der Waals surface area contributed by atoms with Crippen molar-refractivity contribution in [3.8, 4) is 6.07 Å². The Hall–Kier alpha value is -2.23. The molecule has 110 valence electrons. The molecule has 0 saturated carbocycles. The van der Waals surface area contributed by atoms with Gasteiger partial charge in [0, 0.05) is 11.2 Å². The molecule has 0 aliphatic heterocycles. The molecule has 6 nitrogen and oxygen atoms in total. The Morgan fingerprint density at radius 2 is 2.14 bits per heavy atom. The van der Waals surface area contributed by atoms with Crippen molar-refractivity contribution in [1.82, 2.24) is 5.32 Å². The summed E-state index contributed by atoms with van der Waals surface area (Å²) in [6.07, 6.45) is 0.206. The molecule has 0 heterocycles. The average Bonchev–Trinajstić information content (AvgIpc) is 2.41. The lowest BCUT2D eigenvalue weighted by Gasteiger charge is -2.06. The number of nitrogens with zero attached hydrogens (tertiary/aromatic N) is 1. The molecule has 0 bridgehead atoms. The molecule has 0 spiro atoms. The van der Waals surface area contributed by atoms with Crippen LogP contribution >= 0.6 is 23.2 Å². The molecule has 21 heavy (non-hydrogen) atoms. The number of imide groups is 1. The molecule has 0 fully saturated rings. The number of halogens is 2. The van der Waals surface area contributed by atoms with Gasteiger partial charge >= 0.3 is 6.09 Å². The van der Waals surface area contributed by atoms with Crippen LogP contribution in [0.2, 0.25) is 10.0 Å². The zero-order chi connectivity index (χ0) is 15.8. The Labute approximate surface area is 131 Å². The number of hydrogen-bond donors (Lipinski definition) is 2. The smallest absolute Gasteiger partial charge is 0.414 e. The van der Waals surface area contributed by atoms with Crippen LogP contribution in [0, 0.1) is 11.3 Å². The van der Waals surface area contributed by atoms with Crippen molar-refractivity contribution in [2.45, 2.75) is 6.92 Å². The molecule has 8 heteroatoms. The second-order valence-electron chi connectivity index (χ2n) is 3.61. The monoisotopic (exact) mass is 327 g/mol. The van der Waals surface area contributed by atoms with Crippen molar-refractivity contribution in [1.29, 1.82) is 5.26 Å². The third-order valence-electron chi connectivity index (χ3n) is 2.16. The van der Waals surface area contributed by atoms with Gasteiger partial charge in [-0.3, -0.25) is 10.1 Å². The Kier molecular flexibility index (Phi) is 6.53. The number of carbonyl (C=O) groups is 2. The number of amides is 2. The summed E-state index contributed by atoms with van der Waals surface area (Å²) in [6, 6.07) is 6.34. The number of rotatable bonds is 4. The molecule has 0 unspecified atom stereocenters. The first kappa shape index (κ1) is 16.8. The molecular formula is C13H11Cl2N3O3. The van der Waals surface area contributed by atoms with E-state index < -0.39 is 12.0 Å². The maximum absolute atomic E-state index is 11.6. The van der Waals surface area contributed by atoms with E-state index in [1.807, 2.05) is 5.32 Å². The van der Waals surface area contributed by atoms with Crippen LogP contribution in [-0.2, 0) is 9.53 Å². The summed E-state index contributed by atoms with van der Waals surface area (Å²) in [7, 11) is 0. The molecule has 2 amide bonds. The van der Waals surface area contributed by atoms with Crippen LogP contribution < -0.4 is 10.6 Å². The van der Waals surface area contributed by atoms with E-state index in [0.717, 1.165) is 6.20 Å². The van der Waals surface area contributed by atoms with E-state index in [-0.39, 0.29) is 12.2 Å². The van der Waals surface area contributed by atoms with Crippen molar-refractivity contribution in [2.75, 3.05) is 11.9 Å². The number of hydrogen-bond acceptors (Lipinski definition) is 5. The second-order valence-corrected chi connectivity index (χ2v) is 4.46. The Balaban J connectivity index is 2.78. The van der Waals surface area contributed by atoms with Crippen molar-refractivity contribution in [3.05, 3.63) is 40.0 Å². The van der Waals surface area contributed by atoms with Gasteiger partial charge in [0.25, 0.3) is 5.91 Å². The minimum Gasteiger partial charge on any atom is -0.450 e. The fraction of sp³-hybridized carbons (Fsp3) is 0.154. The van der Waals surface area contributed by atoms with E-state index in [9.17, 15) is 9.59 Å². The van der Waals surface area contributed by atoms with Crippen molar-refractivity contribution in [2.24, 2.45) is 0 Å². The minimum absolute atomic E-state index is 0.114. The van der Waals surface area contributed by atoms with Gasteiger partial charge in [0.2, 0.25) is 0 Å². The number of alkyl carbamates (subject to hydrolysis) is 1. The maximum atomic E-state index is 11.6. The number of ether oxygens (including phenoxy) is 1. The highest BCUT2D eigenvalue weighted by atomic mass is 35.5. The van der Waals surface area contributed by atoms with Gasteiger partial charge in [-0.2, -0.15) is 5.26 Å². The first-order chi connectivity index (χ1) is 9.97. The minimum atomic E-state index is -0.923. The average molecular weight is 328 g/mol. The van der Waals surface area contributed by atoms with E-state index in [2.05, 4.69) is 10.1 Å². The molecule has 0 atom stereocenters. The second kappa shape index (κ2) is 8.15. The van der Waals surface area contributed by atoms with Crippen molar-refractivity contribution >= 4 is 40.9 Å².